The van der Waals surface area contributed by atoms with Crippen LogP contribution in [0.3, 0.4) is 0 Å². The molecule has 0 saturated heterocycles. The summed E-state index contributed by atoms with van der Waals surface area (Å²) in [7, 11) is 0. The van der Waals surface area contributed by atoms with E-state index in [0.29, 0.717) is 17.3 Å². The Hall–Kier alpha value is -2.10. The molecule has 0 spiro atoms. The van der Waals surface area contributed by atoms with Gasteiger partial charge in [-0.3, -0.25) is 4.98 Å². The van der Waals surface area contributed by atoms with Crippen molar-refractivity contribution in [2.24, 2.45) is 5.73 Å². The van der Waals surface area contributed by atoms with Crippen LogP contribution in [0.5, 0.6) is 11.5 Å². The Labute approximate surface area is 122 Å². The van der Waals surface area contributed by atoms with Gasteiger partial charge in [0.25, 0.3) is 0 Å². The monoisotopic (exact) mass is 284 g/mol. The lowest BCUT2D eigenvalue weighted by Crippen LogP contribution is -1.99. The lowest BCUT2D eigenvalue weighted by molar-refractivity contribution is 0.482. The van der Waals surface area contributed by atoms with Crippen LogP contribution < -0.4 is 10.5 Å². The van der Waals surface area contributed by atoms with Gasteiger partial charge in [0.1, 0.15) is 11.5 Å². The van der Waals surface area contributed by atoms with E-state index in [1.165, 1.54) is 0 Å². The van der Waals surface area contributed by atoms with Crippen LogP contribution in [-0.2, 0) is 6.54 Å². The highest BCUT2D eigenvalue weighted by Gasteiger charge is 2.07. The van der Waals surface area contributed by atoms with Crippen LogP contribution in [0.1, 0.15) is 5.56 Å². The minimum Gasteiger partial charge on any atom is -0.456 e. The van der Waals surface area contributed by atoms with Gasteiger partial charge in [0.05, 0.1) is 5.52 Å². The third kappa shape index (κ3) is 2.46. The number of ether oxygens (including phenoxy) is 1. The molecule has 20 heavy (non-hydrogen) atoms. The van der Waals surface area contributed by atoms with Crippen molar-refractivity contribution in [2.45, 2.75) is 6.54 Å². The Morgan fingerprint density at radius 3 is 2.80 bits per heavy atom. The van der Waals surface area contributed by atoms with E-state index in [-0.39, 0.29) is 0 Å². The van der Waals surface area contributed by atoms with Crippen molar-refractivity contribution in [1.82, 2.24) is 4.98 Å². The Kier molecular flexibility index (Phi) is 3.54. The van der Waals surface area contributed by atoms with Gasteiger partial charge in [-0.2, -0.15) is 0 Å². The zero-order valence-electron chi connectivity index (χ0n) is 10.7. The molecule has 0 aliphatic heterocycles. The summed E-state index contributed by atoms with van der Waals surface area (Å²) in [5.74, 6) is 1.47. The molecule has 0 radical (unpaired) electrons. The summed E-state index contributed by atoms with van der Waals surface area (Å²) in [4.78, 5) is 4.31. The van der Waals surface area contributed by atoms with Crippen LogP contribution in [0.25, 0.3) is 10.9 Å². The van der Waals surface area contributed by atoms with Crippen LogP contribution in [0.15, 0.2) is 54.7 Å². The van der Waals surface area contributed by atoms with Crippen molar-refractivity contribution < 1.29 is 4.74 Å². The normalized spacial score (nSPS) is 10.7. The summed E-state index contributed by atoms with van der Waals surface area (Å²) in [6.07, 6.45) is 1.76. The molecule has 0 aliphatic rings. The maximum atomic E-state index is 5.99. The molecule has 0 fully saturated rings. The molecule has 0 atom stereocenters. The molecule has 3 aromatic rings. The number of fused-ring (bicyclic) bond motifs is 1. The lowest BCUT2D eigenvalue weighted by atomic mass is 10.2. The van der Waals surface area contributed by atoms with Gasteiger partial charge < -0.3 is 10.5 Å². The van der Waals surface area contributed by atoms with Gasteiger partial charge in [0.15, 0.2) is 0 Å². The summed E-state index contributed by atoms with van der Waals surface area (Å²) >= 11 is 5.97. The first-order valence-electron chi connectivity index (χ1n) is 6.28. The third-order valence-corrected chi connectivity index (χ3v) is 3.30. The fraction of sp³-hybridized carbons (Fsp3) is 0.0625. The number of aromatic nitrogens is 1. The molecule has 3 rings (SSSR count). The maximum Gasteiger partial charge on any atom is 0.136 e. The van der Waals surface area contributed by atoms with Gasteiger partial charge in [-0.15, -0.1) is 0 Å². The molecule has 0 unspecified atom stereocenters. The first kappa shape index (κ1) is 12.9. The van der Waals surface area contributed by atoms with Crippen molar-refractivity contribution >= 4 is 22.5 Å². The molecular weight excluding hydrogens is 272 g/mol. The summed E-state index contributed by atoms with van der Waals surface area (Å²) in [5.41, 5.74) is 7.50. The van der Waals surface area contributed by atoms with Crippen LogP contribution >= 0.6 is 11.6 Å². The fourth-order valence-corrected chi connectivity index (χ4v) is 2.28. The summed E-state index contributed by atoms with van der Waals surface area (Å²) in [6, 6.07) is 15.1. The minimum absolute atomic E-state index is 0.374. The Morgan fingerprint density at radius 2 is 1.95 bits per heavy atom. The van der Waals surface area contributed by atoms with Crippen LogP contribution in [0, 0.1) is 0 Å². The average molecular weight is 285 g/mol. The van der Waals surface area contributed by atoms with Gasteiger partial charge >= 0.3 is 0 Å². The summed E-state index contributed by atoms with van der Waals surface area (Å²) < 4.78 is 5.99. The standard InChI is InChI=1S/C16H13ClN2O/c17-12-6-7-15(11(9-12)10-18)20-16-5-1-4-14-13(16)3-2-8-19-14/h1-9H,10,18H2. The molecule has 1 aromatic heterocycles. The van der Waals surface area contributed by atoms with Crippen molar-refractivity contribution in [2.75, 3.05) is 0 Å². The van der Waals surface area contributed by atoms with Crippen molar-refractivity contribution in [3.8, 4) is 11.5 Å². The Balaban J connectivity index is 2.05. The fourth-order valence-electron chi connectivity index (χ4n) is 2.09. The average Bonchev–Trinajstić information content (AvgIpc) is 2.49. The smallest absolute Gasteiger partial charge is 0.136 e. The number of hydrogen-bond acceptors (Lipinski definition) is 3. The predicted molar refractivity (Wildman–Crippen MR) is 81.2 cm³/mol. The molecule has 0 bridgehead atoms. The van der Waals surface area contributed by atoms with Crippen molar-refractivity contribution in [3.05, 3.63) is 65.3 Å². The van der Waals surface area contributed by atoms with Crippen LogP contribution in [-0.4, -0.2) is 4.98 Å². The number of nitrogens with zero attached hydrogens (tertiary/aromatic N) is 1. The molecule has 0 aliphatic carbocycles. The lowest BCUT2D eigenvalue weighted by Gasteiger charge is -2.12. The first-order valence-corrected chi connectivity index (χ1v) is 6.66. The van der Waals surface area contributed by atoms with E-state index in [9.17, 15) is 0 Å². The quantitative estimate of drug-likeness (QED) is 0.786. The van der Waals surface area contributed by atoms with E-state index in [1.54, 1.807) is 12.3 Å². The van der Waals surface area contributed by atoms with Crippen molar-refractivity contribution in [1.29, 1.82) is 0 Å². The minimum atomic E-state index is 0.374. The highest BCUT2D eigenvalue weighted by Crippen LogP contribution is 2.31. The highest BCUT2D eigenvalue weighted by molar-refractivity contribution is 6.30. The second-order valence-electron chi connectivity index (χ2n) is 4.38. The molecule has 0 saturated carbocycles. The number of rotatable bonds is 3. The number of nitrogens with two attached hydrogens (primary N) is 1. The number of pyridine rings is 1. The Bertz CT molecular complexity index is 753. The predicted octanol–water partition coefficient (Wildman–Crippen LogP) is 4.14. The second-order valence-corrected chi connectivity index (χ2v) is 4.82. The number of benzene rings is 2. The van der Waals surface area contributed by atoms with E-state index in [0.717, 1.165) is 22.2 Å². The topological polar surface area (TPSA) is 48.1 Å². The molecule has 100 valence electrons. The van der Waals surface area contributed by atoms with E-state index < -0.39 is 0 Å². The van der Waals surface area contributed by atoms with Gasteiger partial charge in [-0.05, 0) is 42.5 Å². The van der Waals surface area contributed by atoms with E-state index >= 15 is 0 Å². The van der Waals surface area contributed by atoms with Gasteiger partial charge in [0.2, 0.25) is 0 Å². The van der Waals surface area contributed by atoms with E-state index in [4.69, 9.17) is 22.1 Å². The van der Waals surface area contributed by atoms with Gasteiger partial charge in [-0.1, -0.05) is 17.7 Å². The molecule has 3 nitrogen and oxygen atoms in total. The molecule has 0 amide bonds. The van der Waals surface area contributed by atoms with Gasteiger partial charge in [-0.25, -0.2) is 0 Å². The van der Waals surface area contributed by atoms with Gasteiger partial charge in [0, 0.05) is 28.7 Å². The SMILES string of the molecule is NCc1cc(Cl)ccc1Oc1cccc2ncccc12. The van der Waals surface area contributed by atoms with E-state index in [2.05, 4.69) is 4.98 Å². The number of hydrogen-bond donors (Lipinski definition) is 1. The highest BCUT2D eigenvalue weighted by atomic mass is 35.5. The third-order valence-electron chi connectivity index (χ3n) is 3.07. The molecule has 2 aromatic carbocycles. The molecule has 1 heterocycles. The second kappa shape index (κ2) is 5.49. The molecule has 2 N–H and O–H groups in total. The summed E-state index contributed by atoms with van der Waals surface area (Å²) in [5, 5.41) is 1.62. The maximum absolute atomic E-state index is 5.99. The largest absolute Gasteiger partial charge is 0.456 e. The zero-order valence-corrected chi connectivity index (χ0v) is 11.5. The zero-order chi connectivity index (χ0) is 13.9. The Morgan fingerprint density at radius 1 is 1.05 bits per heavy atom. The van der Waals surface area contributed by atoms with Crippen LogP contribution in [0.2, 0.25) is 5.02 Å². The van der Waals surface area contributed by atoms with E-state index in [1.807, 2.05) is 42.5 Å². The number of halogens is 1. The van der Waals surface area contributed by atoms with Crippen molar-refractivity contribution in [3.63, 3.8) is 0 Å². The molecular formula is C16H13ClN2O. The van der Waals surface area contributed by atoms with Crippen LogP contribution in [0.4, 0.5) is 0 Å². The molecule has 4 heteroatoms. The first-order chi connectivity index (χ1) is 9.78. The summed E-state index contributed by atoms with van der Waals surface area (Å²) in [6.45, 7) is 0.374.